The molecular weight excluding hydrogens is 254 g/mol. The SMILES string of the molecule is Cc1ccc(NC(C)C23CC4CC(CC(C4)C2)C3)c(C)c1. The van der Waals surface area contributed by atoms with E-state index in [0.717, 1.165) is 17.8 Å². The summed E-state index contributed by atoms with van der Waals surface area (Å²) in [6.45, 7) is 6.87. The third kappa shape index (κ3) is 2.29. The van der Waals surface area contributed by atoms with Crippen molar-refractivity contribution in [3.05, 3.63) is 29.3 Å². The lowest BCUT2D eigenvalue weighted by Gasteiger charge is -2.59. The first-order valence-electron chi connectivity index (χ1n) is 8.88. The van der Waals surface area contributed by atoms with Crippen LogP contribution in [0.4, 0.5) is 5.69 Å². The standard InChI is InChI=1S/C20H29N/c1-13-4-5-19(14(2)6-13)21-15(3)20-10-16-7-17(11-20)9-18(8-16)12-20/h4-6,15-18,21H,7-12H2,1-3H3. The fourth-order valence-electron chi connectivity index (χ4n) is 6.07. The zero-order valence-electron chi connectivity index (χ0n) is 13.8. The molecule has 0 spiro atoms. The molecular formula is C20H29N. The predicted octanol–water partition coefficient (Wildman–Crippen LogP) is 5.32. The Hall–Kier alpha value is -0.980. The normalized spacial score (nSPS) is 38.5. The summed E-state index contributed by atoms with van der Waals surface area (Å²) >= 11 is 0. The van der Waals surface area contributed by atoms with E-state index in [9.17, 15) is 0 Å². The van der Waals surface area contributed by atoms with Crippen LogP contribution in [-0.4, -0.2) is 6.04 Å². The molecule has 4 aliphatic carbocycles. The van der Waals surface area contributed by atoms with Crippen molar-refractivity contribution in [3.63, 3.8) is 0 Å². The lowest BCUT2D eigenvalue weighted by atomic mass is 9.48. The molecule has 1 nitrogen and oxygen atoms in total. The number of benzene rings is 1. The summed E-state index contributed by atoms with van der Waals surface area (Å²) in [5, 5.41) is 3.89. The summed E-state index contributed by atoms with van der Waals surface area (Å²) in [6.07, 6.45) is 9.06. The molecule has 21 heavy (non-hydrogen) atoms. The topological polar surface area (TPSA) is 12.0 Å². The van der Waals surface area contributed by atoms with Gasteiger partial charge in [0.2, 0.25) is 0 Å². The van der Waals surface area contributed by atoms with Crippen molar-refractivity contribution in [2.24, 2.45) is 23.2 Å². The highest BCUT2D eigenvalue weighted by atomic mass is 14.9. The first-order valence-corrected chi connectivity index (χ1v) is 8.88. The van der Waals surface area contributed by atoms with Gasteiger partial charge in [-0.1, -0.05) is 17.7 Å². The molecule has 1 N–H and O–H groups in total. The summed E-state index contributed by atoms with van der Waals surface area (Å²) < 4.78 is 0. The number of nitrogens with one attached hydrogen (secondary N) is 1. The number of hydrogen-bond donors (Lipinski definition) is 1. The summed E-state index contributed by atoms with van der Waals surface area (Å²) in [5.41, 5.74) is 4.70. The average molecular weight is 283 g/mol. The van der Waals surface area contributed by atoms with E-state index in [1.165, 1.54) is 55.3 Å². The Morgan fingerprint density at radius 1 is 1.00 bits per heavy atom. The van der Waals surface area contributed by atoms with Gasteiger partial charge in [0.05, 0.1) is 0 Å². The number of aryl methyl sites for hydroxylation is 2. The van der Waals surface area contributed by atoms with E-state index in [-0.39, 0.29) is 0 Å². The second-order valence-electron chi connectivity index (χ2n) is 8.46. The maximum absolute atomic E-state index is 3.89. The summed E-state index contributed by atoms with van der Waals surface area (Å²) in [5.74, 6) is 3.12. The molecule has 1 aromatic carbocycles. The molecule has 114 valence electrons. The van der Waals surface area contributed by atoms with Crippen LogP contribution in [0.3, 0.4) is 0 Å². The van der Waals surface area contributed by atoms with Gasteiger partial charge in [-0.2, -0.15) is 0 Å². The molecule has 4 fully saturated rings. The molecule has 0 aromatic heterocycles. The highest BCUT2D eigenvalue weighted by molar-refractivity contribution is 5.52. The molecule has 0 radical (unpaired) electrons. The second kappa shape index (κ2) is 4.76. The van der Waals surface area contributed by atoms with E-state index in [1.807, 2.05) is 0 Å². The third-order valence-corrected chi connectivity index (χ3v) is 6.76. The van der Waals surface area contributed by atoms with Crippen molar-refractivity contribution in [3.8, 4) is 0 Å². The maximum Gasteiger partial charge on any atom is 0.0372 e. The van der Waals surface area contributed by atoms with Gasteiger partial charge in [0.15, 0.2) is 0 Å². The zero-order valence-corrected chi connectivity index (χ0v) is 13.8. The van der Waals surface area contributed by atoms with Crippen LogP contribution >= 0.6 is 0 Å². The van der Waals surface area contributed by atoms with Crippen LogP contribution in [0.2, 0.25) is 0 Å². The minimum atomic E-state index is 0.589. The van der Waals surface area contributed by atoms with Gasteiger partial charge in [0, 0.05) is 11.7 Å². The lowest BCUT2D eigenvalue weighted by molar-refractivity contribution is -0.0602. The molecule has 4 bridgehead atoms. The van der Waals surface area contributed by atoms with Crippen molar-refractivity contribution in [2.75, 3.05) is 5.32 Å². The highest BCUT2D eigenvalue weighted by Crippen LogP contribution is 2.61. The predicted molar refractivity (Wildman–Crippen MR) is 89.6 cm³/mol. The zero-order chi connectivity index (χ0) is 14.6. The van der Waals surface area contributed by atoms with Crippen LogP contribution < -0.4 is 5.32 Å². The van der Waals surface area contributed by atoms with Crippen molar-refractivity contribution in [2.45, 2.75) is 65.3 Å². The first kappa shape index (κ1) is 13.7. The van der Waals surface area contributed by atoms with E-state index in [1.54, 1.807) is 0 Å². The van der Waals surface area contributed by atoms with Crippen molar-refractivity contribution < 1.29 is 0 Å². The van der Waals surface area contributed by atoms with Gasteiger partial charge >= 0.3 is 0 Å². The van der Waals surface area contributed by atoms with Gasteiger partial charge in [0.25, 0.3) is 0 Å². The molecule has 1 heteroatoms. The number of anilines is 1. The Morgan fingerprint density at radius 3 is 2.10 bits per heavy atom. The van der Waals surface area contributed by atoms with E-state index >= 15 is 0 Å². The van der Waals surface area contributed by atoms with Crippen molar-refractivity contribution >= 4 is 5.69 Å². The molecule has 0 aliphatic heterocycles. The van der Waals surface area contributed by atoms with Crippen LogP contribution in [0.25, 0.3) is 0 Å². The van der Waals surface area contributed by atoms with Gasteiger partial charge in [-0.15, -0.1) is 0 Å². The third-order valence-electron chi connectivity index (χ3n) is 6.76. The molecule has 0 amide bonds. The fraction of sp³-hybridized carbons (Fsp3) is 0.700. The van der Waals surface area contributed by atoms with E-state index in [4.69, 9.17) is 0 Å². The van der Waals surface area contributed by atoms with Crippen LogP contribution in [0.5, 0.6) is 0 Å². The van der Waals surface area contributed by atoms with Gasteiger partial charge < -0.3 is 5.32 Å². The fourth-order valence-corrected chi connectivity index (χ4v) is 6.07. The largest absolute Gasteiger partial charge is 0.382 e. The monoisotopic (exact) mass is 283 g/mol. The molecule has 0 saturated heterocycles. The van der Waals surface area contributed by atoms with Gasteiger partial charge in [-0.05, 0) is 94.1 Å². The van der Waals surface area contributed by atoms with Crippen LogP contribution in [0, 0.1) is 37.0 Å². The van der Waals surface area contributed by atoms with Crippen LogP contribution in [-0.2, 0) is 0 Å². The second-order valence-corrected chi connectivity index (χ2v) is 8.46. The van der Waals surface area contributed by atoms with E-state index in [0.29, 0.717) is 11.5 Å². The molecule has 1 atom stereocenters. The Labute approximate surface area is 129 Å². The molecule has 0 heterocycles. The van der Waals surface area contributed by atoms with Gasteiger partial charge in [-0.3, -0.25) is 0 Å². The minimum Gasteiger partial charge on any atom is -0.382 e. The molecule has 4 aliphatic rings. The van der Waals surface area contributed by atoms with Gasteiger partial charge in [-0.25, -0.2) is 0 Å². The smallest absolute Gasteiger partial charge is 0.0372 e. The Kier molecular flexibility index (Phi) is 3.10. The Morgan fingerprint density at radius 2 is 1.57 bits per heavy atom. The first-order chi connectivity index (χ1) is 10.0. The highest BCUT2D eigenvalue weighted by Gasteiger charge is 2.53. The quantitative estimate of drug-likeness (QED) is 0.791. The molecule has 4 saturated carbocycles. The Balaban J connectivity index is 1.56. The molecule has 1 unspecified atom stereocenters. The molecule has 1 aromatic rings. The average Bonchev–Trinajstić information content (AvgIpc) is 2.40. The van der Waals surface area contributed by atoms with Crippen molar-refractivity contribution in [1.82, 2.24) is 0 Å². The maximum atomic E-state index is 3.89. The van der Waals surface area contributed by atoms with Gasteiger partial charge in [0.1, 0.15) is 0 Å². The van der Waals surface area contributed by atoms with E-state index < -0.39 is 0 Å². The minimum absolute atomic E-state index is 0.589. The van der Waals surface area contributed by atoms with Crippen LogP contribution in [0.1, 0.15) is 56.6 Å². The molecule has 5 rings (SSSR count). The summed E-state index contributed by atoms with van der Waals surface area (Å²) in [4.78, 5) is 0. The summed E-state index contributed by atoms with van der Waals surface area (Å²) in [7, 11) is 0. The number of hydrogen-bond acceptors (Lipinski definition) is 1. The lowest BCUT2D eigenvalue weighted by Crippen LogP contribution is -2.52. The van der Waals surface area contributed by atoms with Crippen molar-refractivity contribution in [1.29, 1.82) is 0 Å². The Bertz CT molecular complexity index is 509. The van der Waals surface area contributed by atoms with E-state index in [2.05, 4.69) is 44.3 Å². The summed E-state index contributed by atoms with van der Waals surface area (Å²) in [6, 6.07) is 7.44. The number of rotatable bonds is 3. The van der Waals surface area contributed by atoms with Crippen LogP contribution in [0.15, 0.2) is 18.2 Å².